The first-order valence-corrected chi connectivity index (χ1v) is 6.35. The summed E-state index contributed by atoms with van der Waals surface area (Å²) in [5.74, 6) is 0. The third kappa shape index (κ3) is 3.97. The molecular weight excluding hydrogens is 208 g/mol. The summed E-state index contributed by atoms with van der Waals surface area (Å²) < 4.78 is 0. The molecule has 1 N–H and O–H groups in total. The van der Waals surface area contributed by atoms with Crippen LogP contribution in [0.3, 0.4) is 0 Å². The van der Waals surface area contributed by atoms with Crippen molar-refractivity contribution in [3.63, 3.8) is 0 Å². The van der Waals surface area contributed by atoms with Gasteiger partial charge in [-0.05, 0) is 64.8 Å². The molecule has 2 nitrogen and oxygen atoms in total. The SMILES string of the molecule is C/C=C/CCNC(C)c1c(C)cc(C)nc1C. The van der Waals surface area contributed by atoms with Crippen LogP contribution < -0.4 is 5.32 Å². The Bertz CT molecular complexity index is 371. The monoisotopic (exact) mass is 232 g/mol. The van der Waals surface area contributed by atoms with Crippen molar-refractivity contribution in [3.8, 4) is 0 Å². The zero-order valence-electron chi connectivity index (χ0n) is 11.7. The Hall–Kier alpha value is -1.15. The van der Waals surface area contributed by atoms with E-state index in [1.807, 2.05) is 6.92 Å². The van der Waals surface area contributed by atoms with Crippen molar-refractivity contribution in [3.05, 3.63) is 40.7 Å². The molecule has 2 heteroatoms. The van der Waals surface area contributed by atoms with Gasteiger partial charge in [-0.15, -0.1) is 0 Å². The highest BCUT2D eigenvalue weighted by Crippen LogP contribution is 2.20. The van der Waals surface area contributed by atoms with Gasteiger partial charge in [0.2, 0.25) is 0 Å². The summed E-state index contributed by atoms with van der Waals surface area (Å²) in [4.78, 5) is 4.55. The molecule has 0 saturated heterocycles. The van der Waals surface area contributed by atoms with Crippen LogP contribution in [0.15, 0.2) is 18.2 Å². The van der Waals surface area contributed by atoms with Gasteiger partial charge in [-0.25, -0.2) is 0 Å². The van der Waals surface area contributed by atoms with Crippen molar-refractivity contribution in [2.24, 2.45) is 0 Å². The molecule has 1 aromatic rings. The van der Waals surface area contributed by atoms with Gasteiger partial charge in [0.15, 0.2) is 0 Å². The maximum absolute atomic E-state index is 4.55. The van der Waals surface area contributed by atoms with Gasteiger partial charge in [0.25, 0.3) is 0 Å². The highest BCUT2D eigenvalue weighted by molar-refractivity contribution is 5.33. The molecule has 0 aromatic carbocycles. The fraction of sp³-hybridized carbons (Fsp3) is 0.533. The number of hydrogen-bond acceptors (Lipinski definition) is 2. The number of rotatable bonds is 5. The molecule has 0 saturated carbocycles. The van der Waals surface area contributed by atoms with E-state index in [1.165, 1.54) is 11.1 Å². The van der Waals surface area contributed by atoms with Crippen LogP contribution in [0.1, 0.15) is 48.8 Å². The zero-order valence-corrected chi connectivity index (χ0v) is 11.7. The number of allylic oxidation sites excluding steroid dienone is 1. The fourth-order valence-corrected chi connectivity index (χ4v) is 2.34. The van der Waals surface area contributed by atoms with Crippen molar-refractivity contribution in [1.82, 2.24) is 10.3 Å². The van der Waals surface area contributed by atoms with Gasteiger partial charge in [-0.2, -0.15) is 0 Å². The number of nitrogens with one attached hydrogen (secondary N) is 1. The summed E-state index contributed by atoms with van der Waals surface area (Å²) in [6.45, 7) is 11.6. The topological polar surface area (TPSA) is 24.9 Å². The molecule has 17 heavy (non-hydrogen) atoms. The molecular formula is C15H24N2. The minimum Gasteiger partial charge on any atom is -0.310 e. The van der Waals surface area contributed by atoms with E-state index >= 15 is 0 Å². The van der Waals surface area contributed by atoms with E-state index in [9.17, 15) is 0 Å². The summed E-state index contributed by atoms with van der Waals surface area (Å²) in [7, 11) is 0. The predicted octanol–water partition coefficient (Wildman–Crippen LogP) is 3.62. The molecule has 1 aromatic heterocycles. The second kappa shape index (κ2) is 6.55. The average Bonchev–Trinajstić information content (AvgIpc) is 2.23. The van der Waals surface area contributed by atoms with Crippen molar-refractivity contribution in [1.29, 1.82) is 0 Å². The van der Waals surface area contributed by atoms with Crippen molar-refractivity contribution in [2.45, 2.75) is 47.1 Å². The van der Waals surface area contributed by atoms with E-state index in [0.29, 0.717) is 6.04 Å². The van der Waals surface area contributed by atoms with Gasteiger partial charge >= 0.3 is 0 Å². The first-order chi connectivity index (χ1) is 8.06. The largest absolute Gasteiger partial charge is 0.310 e. The van der Waals surface area contributed by atoms with E-state index in [-0.39, 0.29) is 0 Å². The van der Waals surface area contributed by atoms with Gasteiger partial charge in [0, 0.05) is 17.4 Å². The van der Waals surface area contributed by atoms with E-state index in [4.69, 9.17) is 0 Å². The quantitative estimate of drug-likeness (QED) is 0.619. The number of pyridine rings is 1. The minimum atomic E-state index is 0.369. The maximum Gasteiger partial charge on any atom is 0.0426 e. The molecule has 0 aliphatic rings. The van der Waals surface area contributed by atoms with E-state index in [2.05, 4.69) is 56.2 Å². The minimum absolute atomic E-state index is 0.369. The molecule has 1 rings (SSSR count). The Morgan fingerprint density at radius 3 is 2.65 bits per heavy atom. The Morgan fingerprint density at radius 2 is 2.06 bits per heavy atom. The standard InChI is InChI=1S/C15H24N2/c1-6-7-8-9-16-13(4)15-11(2)10-12(3)17-14(15)5/h6-7,10,13,16H,8-9H2,1-5H3/b7-6+. The normalized spacial score (nSPS) is 13.2. The van der Waals surface area contributed by atoms with Gasteiger partial charge < -0.3 is 5.32 Å². The Balaban J connectivity index is 2.71. The van der Waals surface area contributed by atoms with Gasteiger partial charge in [-0.3, -0.25) is 4.98 Å². The smallest absolute Gasteiger partial charge is 0.0426 e. The maximum atomic E-state index is 4.55. The van der Waals surface area contributed by atoms with Crippen LogP contribution in [0.5, 0.6) is 0 Å². The van der Waals surface area contributed by atoms with E-state index in [0.717, 1.165) is 24.4 Å². The first kappa shape index (κ1) is 13.9. The van der Waals surface area contributed by atoms with E-state index in [1.54, 1.807) is 0 Å². The van der Waals surface area contributed by atoms with Gasteiger partial charge in [0.05, 0.1) is 0 Å². The number of aromatic nitrogens is 1. The lowest BCUT2D eigenvalue weighted by molar-refractivity contribution is 0.573. The van der Waals surface area contributed by atoms with Crippen molar-refractivity contribution >= 4 is 0 Å². The Kier molecular flexibility index (Phi) is 5.36. The molecule has 0 aliphatic heterocycles. The van der Waals surface area contributed by atoms with Gasteiger partial charge in [-0.1, -0.05) is 12.2 Å². The molecule has 0 spiro atoms. The van der Waals surface area contributed by atoms with Gasteiger partial charge in [0.1, 0.15) is 0 Å². The average molecular weight is 232 g/mol. The second-order valence-electron chi connectivity index (χ2n) is 4.61. The molecule has 1 atom stereocenters. The molecule has 0 radical (unpaired) electrons. The van der Waals surface area contributed by atoms with Crippen LogP contribution >= 0.6 is 0 Å². The summed E-state index contributed by atoms with van der Waals surface area (Å²) in [5, 5.41) is 3.54. The van der Waals surface area contributed by atoms with Crippen molar-refractivity contribution in [2.75, 3.05) is 6.54 Å². The molecule has 0 amide bonds. The predicted molar refractivity (Wildman–Crippen MR) is 74.3 cm³/mol. The lowest BCUT2D eigenvalue weighted by Gasteiger charge is -2.18. The highest BCUT2D eigenvalue weighted by atomic mass is 14.9. The zero-order chi connectivity index (χ0) is 12.8. The molecule has 0 aliphatic carbocycles. The van der Waals surface area contributed by atoms with Crippen LogP contribution in [0.2, 0.25) is 0 Å². The fourth-order valence-electron chi connectivity index (χ4n) is 2.34. The third-order valence-electron chi connectivity index (χ3n) is 3.01. The summed E-state index contributed by atoms with van der Waals surface area (Å²) in [6.07, 6.45) is 5.36. The molecule has 0 fully saturated rings. The summed E-state index contributed by atoms with van der Waals surface area (Å²) in [5.41, 5.74) is 4.93. The third-order valence-corrected chi connectivity index (χ3v) is 3.01. The molecule has 1 unspecified atom stereocenters. The van der Waals surface area contributed by atoms with E-state index < -0.39 is 0 Å². The molecule has 1 heterocycles. The van der Waals surface area contributed by atoms with Crippen LogP contribution in [-0.2, 0) is 0 Å². The summed E-state index contributed by atoms with van der Waals surface area (Å²) >= 11 is 0. The van der Waals surface area contributed by atoms with Crippen LogP contribution in [0.25, 0.3) is 0 Å². The summed E-state index contributed by atoms with van der Waals surface area (Å²) in [6, 6.07) is 2.53. The van der Waals surface area contributed by atoms with Crippen molar-refractivity contribution < 1.29 is 0 Å². The second-order valence-corrected chi connectivity index (χ2v) is 4.61. The molecule has 0 bridgehead atoms. The highest BCUT2D eigenvalue weighted by Gasteiger charge is 2.11. The van der Waals surface area contributed by atoms with Crippen LogP contribution in [-0.4, -0.2) is 11.5 Å². The number of hydrogen-bond donors (Lipinski definition) is 1. The Labute approximate surface area is 105 Å². The lowest BCUT2D eigenvalue weighted by Crippen LogP contribution is -2.21. The van der Waals surface area contributed by atoms with Crippen LogP contribution in [0.4, 0.5) is 0 Å². The number of nitrogens with zero attached hydrogens (tertiary/aromatic N) is 1. The Morgan fingerprint density at radius 1 is 1.35 bits per heavy atom. The molecule has 94 valence electrons. The lowest BCUT2D eigenvalue weighted by atomic mass is 10.0. The first-order valence-electron chi connectivity index (χ1n) is 6.35. The van der Waals surface area contributed by atoms with Crippen LogP contribution in [0, 0.1) is 20.8 Å². The number of aryl methyl sites for hydroxylation is 3.